The van der Waals surface area contributed by atoms with Gasteiger partial charge >= 0.3 is 0 Å². The van der Waals surface area contributed by atoms with Gasteiger partial charge in [0, 0.05) is 30.4 Å². The molecule has 3 aromatic rings. The second-order valence-corrected chi connectivity index (χ2v) is 7.04. The lowest BCUT2D eigenvalue weighted by Gasteiger charge is -2.30. The van der Waals surface area contributed by atoms with Crippen molar-refractivity contribution in [2.75, 3.05) is 23.7 Å². The Morgan fingerprint density at radius 3 is 1.93 bits per heavy atom. The van der Waals surface area contributed by atoms with Gasteiger partial charge in [-0.05, 0) is 61.4 Å². The van der Waals surface area contributed by atoms with Gasteiger partial charge in [0.15, 0.2) is 11.5 Å². The molecule has 2 N–H and O–H groups in total. The number of nitrogens with one attached hydrogen (secondary N) is 2. The molecule has 0 aliphatic carbocycles. The number of carbonyl (C=O) groups excluding carboxylic acids is 3. The first-order chi connectivity index (χ1) is 14.6. The third-order valence-electron chi connectivity index (χ3n) is 5.04. The van der Waals surface area contributed by atoms with Crippen LogP contribution in [0.15, 0.2) is 69.9 Å². The lowest BCUT2D eigenvalue weighted by atomic mass is 9.95. The maximum atomic E-state index is 12.6. The first kappa shape index (κ1) is 19.5. The van der Waals surface area contributed by atoms with E-state index in [0.29, 0.717) is 43.1 Å². The summed E-state index contributed by atoms with van der Waals surface area (Å²) in [6.07, 6.45) is 4.09. The second-order valence-electron chi connectivity index (χ2n) is 7.04. The Morgan fingerprint density at radius 1 is 0.800 bits per heavy atom. The molecule has 2 aromatic heterocycles. The maximum absolute atomic E-state index is 12.6. The van der Waals surface area contributed by atoms with E-state index in [9.17, 15) is 14.4 Å². The minimum atomic E-state index is -0.340. The lowest BCUT2D eigenvalue weighted by Crippen LogP contribution is -2.41. The SMILES string of the molecule is O=C(Nc1ccc(NC(=O)C2CCN(C(=O)c3ccco3)CC2)cc1)c1ccco1. The summed E-state index contributed by atoms with van der Waals surface area (Å²) in [6.45, 7) is 1.02. The molecule has 3 amide bonds. The molecule has 1 aliphatic rings. The van der Waals surface area contributed by atoms with Crippen molar-refractivity contribution in [1.82, 2.24) is 4.90 Å². The van der Waals surface area contributed by atoms with Gasteiger partial charge in [0.25, 0.3) is 11.8 Å². The van der Waals surface area contributed by atoms with Crippen molar-refractivity contribution < 1.29 is 23.2 Å². The van der Waals surface area contributed by atoms with Crippen molar-refractivity contribution in [1.29, 1.82) is 0 Å². The van der Waals surface area contributed by atoms with Crippen molar-refractivity contribution in [3.8, 4) is 0 Å². The van der Waals surface area contributed by atoms with Crippen LogP contribution in [0.1, 0.15) is 34.0 Å². The highest BCUT2D eigenvalue weighted by atomic mass is 16.3. The maximum Gasteiger partial charge on any atom is 0.291 e. The van der Waals surface area contributed by atoms with Gasteiger partial charge in [0.05, 0.1) is 12.5 Å². The monoisotopic (exact) mass is 407 g/mol. The highest BCUT2D eigenvalue weighted by Gasteiger charge is 2.28. The Kier molecular flexibility index (Phi) is 5.65. The quantitative estimate of drug-likeness (QED) is 0.672. The summed E-state index contributed by atoms with van der Waals surface area (Å²) in [5, 5.41) is 5.62. The van der Waals surface area contributed by atoms with Crippen molar-refractivity contribution in [3.63, 3.8) is 0 Å². The van der Waals surface area contributed by atoms with E-state index in [1.807, 2.05) is 0 Å². The molecule has 0 unspecified atom stereocenters. The number of nitrogens with zero attached hydrogens (tertiary/aromatic N) is 1. The highest BCUT2D eigenvalue weighted by molar-refractivity contribution is 6.02. The van der Waals surface area contributed by atoms with Crippen LogP contribution in [0.3, 0.4) is 0 Å². The largest absolute Gasteiger partial charge is 0.459 e. The predicted octanol–water partition coefficient (Wildman–Crippen LogP) is 3.62. The van der Waals surface area contributed by atoms with Crippen molar-refractivity contribution in [2.45, 2.75) is 12.8 Å². The van der Waals surface area contributed by atoms with Crippen LogP contribution in [0, 0.1) is 5.92 Å². The molecule has 3 heterocycles. The average molecular weight is 407 g/mol. The van der Waals surface area contributed by atoms with E-state index in [2.05, 4.69) is 10.6 Å². The predicted molar refractivity (Wildman–Crippen MR) is 109 cm³/mol. The van der Waals surface area contributed by atoms with Crippen LogP contribution >= 0.6 is 0 Å². The molecule has 0 atom stereocenters. The zero-order chi connectivity index (χ0) is 20.9. The molecule has 1 aromatic carbocycles. The molecule has 8 heteroatoms. The number of anilines is 2. The fraction of sp³-hybridized carbons (Fsp3) is 0.227. The highest BCUT2D eigenvalue weighted by Crippen LogP contribution is 2.22. The Morgan fingerprint density at radius 2 is 1.37 bits per heavy atom. The molecule has 30 heavy (non-hydrogen) atoms. The first-order valence-corrected chi connectivity index (χ1v) is 9.69. The number of rotatable bonds is 5. The molecule has 1 aliphatic heterocycles. The Balaban J connectivity index is 1.27. The number of furan rings is 2. The van der Waals surface area contributed by atoms with E-state index < -0.39 is 0 Å². The number of amides is 3. The van der Waals surface area contributed by atoms with Gasteiger partial charge < -0.3 is 24.4 Å². The van der Waals surface area contributed by atoms with E-state index in [0.717, 1.165) is 0 Å². The van der Waals surface area contributed by atoms with E-state index >= 15 is 0 Å². The standard InChI is InChI=1S/C22H21N3O5/c26-20(15-9-11-25(12-10-15)22(28)19-4-2-14-30-19)23-16-5-7-17(8-6-16)24-21(27)18-3-1-13-29-18/h1-8,13-15H,9-12H2,(H,23,26)(H,24,27). The molecule has 0 spiro atoms. The van der Waals surface area contributed by atoms with Crippen LogP contribution in [-0.4, -0.2) is 35.7 Å². The molecule has 4 rings (SSSR count). The Labute approximate surface area is 172 Å². The van der Waals surface area contributed by atoms with Gasteiger partial charge in [-0.2, -0.15) is 0 Å². The zero-order valence-electron chi connectivity index (χ0n) is 16.2. The number of hydrogen-bond acceptors (Lipinski definition) is 5. The fourth-order valence-electron chi connectivity index (χ4n) is 3.38. The minimum Gasteiger partial charge on any atom is -0.459 e. The summed E-state index contributed by atoms with van der Waals surface area (Å²) < 4.78 is 10.2. The molecular weight excluding hydrogens is 386 g/mol. The summed E-state index contributed by atoms with van der Waals surface area (Å²) in [5.41, 5.74) is 1.24. The number of piperidine rings is 1. The van der Waals surface area contributed by atoms with Crippen LogP contribution in [0.25, 0.3) is 0 Å². The molecule has 8 nitrogen and oxygen atoms in total. The van der Waals surface area contributed by atoms with Crippen molar-refractivity contribution >= 4 is 29.1 Å². The Hall–Kier alpha value is -3.81. The van der Waals surface area contributed by atoms with Gasteiger partial charge in [0.1, 0.15) is 0 Å². The summed E-state index contributed by atoms with van der Waals surface area (Å²) in [4.78, 5) is 38.6. The van der Waals surface area contributed by atoms with Crippen molar-refractivity contribution in [3.05, 3.63) is 72.6 Å². The topological polar surface area (TPSA) is 105 Å². The van der Waals surface area contributed by atoms with Gasteiger partial charge in [-0.15, -0.1) is 0 Å². The van der Waals surface area contributed by atoms with Crippen LogP contribution in [-0.2, 0) is 4.79 Å². The van der Waals surface area contributed by atoms with E-state index in [1.54, 1.807) is 53.4 Å². The number of hydrogen-bond donors (Lipinski definition) is 2. The summed E-state index contributed by atoms with van der Waals surface area (Å²) in [5.74, 6) is -0.184. The molecule has 0 saturated carbocycles. The smallest absolute Gasteiger partial charge is 0.291 e. The third kappa shape index (κ3) is 4.43. The molecule has 0 bridgehead atoms. The lowest BCUT2D eigenvalue weighted by molar-refractivity contribution is -0.121. The normalized spacial score (nSPS) is 14.3. The third-order valence-corrected chi connectivity index (χ3v) is 5.04. The summed E-state index contributed by atoms with van der Waals surface area (Å²) >= 11 is 0. The molecule has 1 saturated heterocycles. The van der Waals surface area contributed by atoms with Crippen LogP contribution in [0.5, 0.6) is 0 Å². The summed E-state index contributed by atoms with van der Waals surface area (Å²) in [7, 11) is 0. The minimum absolute atomic E-state index is 0.0764. The average Bonchev–Trinajstić information content (AvgIpc) is 3.49. The molecule has 1 fully saturated rings. The molecule has 0 radical (unpaired) electrons. The molecule has 154 valence electrons. The number of carbonyl (C=O) groups is 3. The van der Waals surface area contributed by atoms with Crippen LogP contribution in [0.4, 0.5) is 11.4 Å². The van der Waals surface area contributed by atoms with Crippen LogP contribution in [0.2, 0.25) is 0 Å². The Bertz CT molecular complexity index is 1000. The van der Waals surface area contributed by atoms with Crippen molar-refractivity contribution in [2.24, 2.45) is 5.92 Å². The van der Waals surface area contributed by atoms with Gasteiger partial charge in [-0.3, -0.25) is 14.4 Å². The van der Waals surface area contributed by atoms with Gasteiger partial charge in [-0.1, -0.05) is 0 Å². The van der Waals surface area contributed by atoms with Crippen LogP contribution < -0.4 is 10.6 Å². The van der Waals surface area contributed by atoms with Gasteiger partial charge in [0.2, 0.25) is 5.91 Å². The van der Waals surface area contributed by atoms with E-state index in [4.69, 9.17) is 8.83 Å². The zero-order valence-corrected chi connectivity index (χ0v) is 16.2. The summed E-state index contributed by atoms with van der Waals surface area (Å²) in [6, 6.07) is 13.4. The fourth-order valence-corrected chi connectivity index (χ4v) is 3.38. The second kappa shape index (κ2) is 8.69. The first-order valence-electron chi connectivity index (χ1n) is 9.69. The van der Waals surface area contributed by atoms with Gasteiger partial charge in [-0.25, -0.2) is 0 Å². The number of likely N-dealkylation sites (tertiary alicyclic amines) is 1. The van der Waals surface area contributed by atoms with E-state index in [1.165, 1.54) is 12.5 Å². The molecular formula is C22H21N3O5. The number of benzene rings is 1. The van der Waals surface area contributed by atoms with E-state index in [-0.39, 0.29) is 29.4 Å².